The third-order valence-corrected chi connectivity index (χ3v) is 14.0. The fourth-order valence-corrected chi connectivity index (χ4v) is 10.7. The molecular formula is C35H48Br2N6O6S. The van der Waals surface area contributed by atoms with Crippen LogP contribution in [-0.4, -0.2) is 127 Å². The standard InChI is InChI=1S/C35H48Br2N6O6S/c1-24-30(36)19-25(20-31(24)37)18-27(35(47)42-12-6-28(7-13-42)40-16-14-39(15-17-40)23-34(45)46)21-33(44)41-10-8-29(9-11-41)43-22-26-4-2-3-5-32(26)38-50(43,48)49/h2-5,19-20,27-29,38,48-49H,6-18,21-23H2,1H3,(H,45,46). The van der Waals surface area contributed by atoms with Crippen molar-refractivity contribution in [2.45, 2.75) is 64.1 Å². The first-order chi connectivity index (χ1) is 23.9. The molecule has 0 bridgehead atoms. The summed E-state index contributed by atoms with van der Waals surface area (Å²) in [5, 5.41) is 9.13. The molecule has 4 aliphatic heterocycles. The van der Waals surface area contributed by atoms with E-state index in [4.69, 9.17) is 5.11 Å². The van der Waals surface area contributed by atoms with Gasteiger partial charge in [-0.25, -0.2) is 0 Å². The number of nitrogens with one attached hydrogen (secondary N) is 1. The number of amides is 2. The molecule has 0 spiro atoms. The summed E-state index contributed by atoms with van der Waals surface area (Å²) in [5.41, 5.74) is 3.80. The minimum Gasteiger partial charge on any atom is -0.480 e. The highest BCUT2D eigenvalue weighted by molar-refractivity contribution is 9.11. The van der Waals surface area contributed by atoms with Crippen molar-refractivity contribution in [3.05, 3.63) is 62.0 Å². The number of para-hydroxylation sites is 1. The molecule has 3 saturated heterocycles. The van der Waals surface area contributed by atoms with Crippen molar-refractivity contribution in [2.24, 2.45) is 5.92 Å². The number of piperazine rings is 1. The van der Waals surface area contributed by atoms with Crippen molar-refractivity contribution in [1.82, 2.24) is 23.9 Å². The average molecular weight is 841 g/mol. The number of carboxylic acids is 1. The van der Waals surface area contributed by atoms with E-state index >= 15 is 0 Å². The zero-order valence-corrected chi connectivity index (χ0v) is 32.5. The van der Waals surface area contributed by atoms with Gasteiger partial charge in [-0.05, 0) is 73.9 Å². The highest BCUT2D eigenvalue weighted by atomic mass is 79.9. The molecule has 15 heteroatoms. The molecule has 50 heavy (non-hydrogen) atoms. The number of nitrogens with zero attached hydrogens (tertiary/aromatic N) is 5. The molecule has 274 valence electrons. The Morgan fingerprint density at radius 1 is 0.880 bits per heavy atom. The van der Waals surface area contributed by atoms with Gasteiger partial charge in [0.2, 0.25) is 11.8 Å². The molecule has 0 aliphatic carbocycles. The molecule has 4 heterocycles. The molecule has 2 aromatic carbocycles. The van der Waals surface area contributed by atoms with Gasteiger partial charge in [-0.3, -0.25) is 38.0 Å². The van der Waals surface area contributed by atoms with Crippen LogP contribution in [0.5, 0.6) is 0 Å². The van der Waals surface area contributed by atoms with Crippen LogP contribution in [0.1, 0.15) is 48.8 Å². The van der Waals surface area contributed by atoms with Crippen molar-refractivity contribution < 1.29 is 28.6 Å². The summed E-state index contributed by atoms with van der Waals surface area (Å²) in [7, 11) is -3.18. The van der Waals surface area contributed by atoms with Gasteiger partial charge in [0.15, 0.2) is 0 Å². The van der Waals surface area contributed by atoms with Crippen LogP contribution in [0.25, 0.3) is 0 Å². The van der Waals surface area contributed by atoms with Gasteiger partial charge in [-0.15, -0.1) is 0 Å². The lowest BCUT2D eigenvalue weighted by Gasteiger charge is -2.51. The van der Waals surface area contributed by atoms with Gasteiger partial charge in [0.1, 0.15) is 0 Å². The molecule has 1 unspecified atom stereocenters. The van der Waals surface area contributed by atoms with Crippen molar-refractivity contribution in [2.75, 3.05) is 63.6 Å². The Balaban J connectivity index is 1.08. The Kier molecular flexibility index (Phi) is 12.1. The summed E-state index contributed by atoms with van der Waals surface area (Å²) >= 11 is 7.30. The normalized spacial score (nSPS) is 22.4. The van der Waals surface area contributed by atoms with Crippen LogP contribution in [-0.2, 0) is 27.3 Å². The number of halogens is 2. The molecule has 2 amide bonds. The lowest BCUT2D eigenvalue weighted by molar-refractivity contribution is -0.143. The zero-order chi connectivity index (χ0) is 35.6. The number of rotatable bonds is 9. The minimum atomic E-state index is -3.18. The Labute approximate surface area is 313 Å². The van der Waals surface area contributed by atoms with Gasteiger partial charge in [-0.1, -0.05) is 61.0 Å². The number of anilines is 1. The number of likely N-dealkylation sites (tertiary alicyclic amines) is 2. The van der Waals surface area contributed by atoms with E-state index in [-0.39, 0.29) is 30.8 Å². The maximum absolute atomic E-state index is 14.2. The van der Waals surface area contributed by atoms with Gasteiger partial charge in [0, 0.05) is 86.4 Å². The number of aliphatic carboxylic acids is 1. The SMILES string of the molecule is Cc1c(Br)cc(CC(CC(=O)N2CCC(N3Cc4ccccc4NS3(O)O)CC2)C(=O)N2CCC(N3CCN(CC(=O)O)CC3)CC2)cc1Br. The first kappa shape index (κ1) is 37.5. The van der Waals surface area contributed by atoms with E-state index in [0.29, 0.717) is 58.0 Å². The highest BCUT2D eigenvalue weighted by Crippen LogP contribution is 2.51. The van der Waals surface area contributed by atoms with Gasteiger partial charge < -0.3 is 14.9 Å². The van der Waals surface area contributed by atoms with E-state index in [9.17, 15) is 23.5 Å². The summed E-state index contributed by atoms with van der Waals surface area (Å²) in [6.45, 7) is 7.90. The molecule has 1 atom stereocenters. The van der Waals surface area contributed by atoms with Crippen molar-refractivity contribution in [3.8, 4) is 0 Å². The number of piperidine rings is 2. The second kappa shape index (κ2) is 16.2. The Morgan fingerprint density at radius 2 is 1.48 bits per heavy atom. The molecule has 3 fully saturated rings. The summed E-state index contributed by atoms with van der Waals surface area (Å²) in [5.74, 6) is -1.34. The van der Waals surface area contributed by atoms with Crippen molar-refractivity contribution in [3.63, 3.8) is 0 Å². The van der Waals surface area contributed by atoms with Gasteiger partial charge in [-0.2, -0.15) is 4.31 Å². The number of carboxylic acid groups (broad SMARTS) is 1. The number of benzene rings is 2. The lowest BCUT2D eigenvalue weighted by atomic mass is 9.91. The molecule has 4 aliphatic rings. The number of carbonyl (C=O) groups excluding carboxylic acids is 2. The Hall–Kier alpha value is -2.24. The van der Waals surface area contributed by atoms with Crippen molar-refractivity contribution >= 4 is 66.3 Å². The van der Waals surface area contributed by atoms with E-state index in [0.717, 1.165) is 70.3 Å². The van der Waals surface area contributed by atoms with Crippen LogP contribution >= 0.6 is 42.8 Å². The van der Waals surface area contributed by atoms with Crippen LogP contribution in [0.4, 0.5) is 5.69 Å². The molecule has 2 aromatic rings. The summed E-state index contributed by atoms with van der Waals surface area (Å²) in [4.78, 5) is 47.4. The van der Waals surface area contributed by atoms with E-state index < -0.39 is 22.8 Å². The third-order valence-electron chi connectivity index (χ3n) is 10.8. The maximum atomic E-state index is 14.2. The third kappa shape index (κ3) is 8.85. The van der Waals surface area contributed by atoms with Gasteiger partial charge in [0.25, 0.3) is 0 Å². The smallest absolute Gasteiger partial charge is 0.317 e. The topological polar surface area (TPSA) is 140 Å². The summed E-state index contributed by atoms with van der Waals surface area (Å²) < 4.78 is 28.4. The molecule has 4 N–H and O–H groups in total. The molecular weight excluding hydrogens is 792 g/mol. The molecule has 0 radical (unpaired) electrons. The van der Waals surface area contributed by atoms with Crippen LogP contribution in [0.2, 0.25) is 0 Å². The molecule has 0 saturated carbocycles. The number of hydrogen-bond acceptors (Lipinski definition) is 9. The molecule has 12 nitrogen and oxygen atoms in total. The first-order valence-corrected chi connectivity index (χ1v) is 20.6. The number of fused-ring (bicyclic) bond motifs is 1. The summed E-state index contributed by atoms with van der Waals surface area (Å²) in [6.07, 6.45) is 3.50. The van der Waals surface area contributed by atoms with Crippen LogP contribution in [0.15, 0.2) is 45.3 Å². The quantitative estimate of drug-likeness (QED) is 0.265. The zero-order valence-electron chi connectivity index (χ0n) is 28.5. The van der Waals surface area contributed by atoms with Gasteiger partial charge in [0.05, 0.1) is 18.2 Å². The van der Waals surface area contributed by atoms with Crippen molar-refractivity contribution in [1.29, 1.82) is 0 Å². The Morgan fingerprint density at radius 3 is 2.12 bits per heavy atom. The second-order valence-corrected chi connectivity index (χ2v) is 17.4. The monoisotopic (exact) mass is 838 g/mol. The average Bonchev–Trinajstić information content (AvgIpc) is 3.09. The number of carbonyl (C=O) groups is 3. The maximum Gasteiger partial charge on any atom is 0.317 e. The van der Waals surface area contributed by atoms with E-state index in [1.165, 1.54) is 0 Å². The number of hydrogen-bond donors (Lipinski definition) is 4. The molecule has 6 rings (SSSR count). The first-order valence-electron chi connectivity index (χ1n) is 17.5. The van der Waals surface area contributed by atoms with E-state index in [2.05, 4.69) is 41.5 Å². The van der Waals surface area contributed by atoms with E-state index in [1.54, 1.807) is 4.31 Å². The molecule has 0 aromatic heterocycles. The van der Waals surface area contributed by atoms with Crippen LogP contribution < -0.4 is 4.72 Å². The highest BCUT2D eigenvalue weighted by Gasteiger charge is 2.39. The second-order valence-electron chi connectivity index (χ2n) is 14.0. The summed E-state index contributed by atoms with van der Waals surface area (Å²) in [6, 6.07) is 12.0. The Bertz CT molecular complexity index is 1540. The fraction of sp³-hybridized carbons (Fsp3) is 0.571. The lowest BCUT2D eigenvalue weighted by Crippen LogP contribution is -2.55. The predicted molar refractivity (Wildman–Crippen MR) is 202 cm³/mol. The van der Waals surface area contributed by atoms with Crippen LogP contribution in [0, 0.1) is 12.8 Å². The fourth-order valence-electron chi connectivity index (χ4n) is 7.84. The predicted octanol–water partition coefficient (Wildman–Crippen LogP) is 5.26. The largest absolute Gasteiger partial charge is 0.480 e. The van der Waals surface area contributed by atoms with Crippen LogP contribution in [0.3, 0.4) is 0 Å². The van der Waals surface area contributed by atoms with Gasteiger partial charge >= 0.3 is 5.97 Å². The minimum absolute atomic E-state index is 0.0118. The van der Waals surface area contributed by atoms with E-state index in [1.807, 2.05) is 58.0 Å².